The predicted octanol–water partition coefficient (Wildman–Crippen LogP) is 9.70. The molecule has 6 aromatic rings. The fraction of sp³-hybridized carbons (Fsp3) is 0.368. The van der Waals surface area contributed by atoms with E-state index in [0.29, 0.717) is 23.4 Å². The highest BCUT2D eigenvalue weighted by molar-refractivity contribution is 7.22. The Morgan fingerprint density at radius 1 is 0.725 bits per heavy atom. The molecule has 6 N–H and O–H groups in total. The summed E-state index contributed by atoms with van der Waals surface area (Å²) in [7, 11) is -1.70. The molecule has 2 fully saturated rings. The number of carboxylic acids is 1. The Labute approximate surface area is 309 Å². The van der Waals surface area contributed by atoms with Gasteiger partial charge in [-0.05, 0) is 37.8 Å². The van der Waals surface area contributed by atoms with Gasteiger partial charge in [-0.3, -0.25) is 4.79 Å². The summed E-state index contributed by atoms with van der Waals surface area (Å²) in [5.74, 6) is -0.964. The smallest absolute Gasteiger partial charge is 0.352 e. The van der Waals surface area contributed by atoms with E-state index in [-0.39, 0.29) is 11.6 Å². The molecule has 51 heavy (non-hydrogen) atoms. The lowest BCUT2D eigenvalue weighted by molar-refractivity contribution is 0.0691. The number of H-pyrrole nitrogens is 2. The van der Waals surface area contributed by atoms with E-state index in [4.69, 9.17) is 10.8 Å². The van der Waals surface area contributed by atoms with Gasteiger partial charge in [-0.2, -0.15) is 0 Å². The number of fused-ring (bicyclic) bond motifs is 2. The summed E-state index contributed by atoms with van der Waals surface area (Å²) in [5, 5.41) is 13.9. The quantitative estimate of drug-likeness (QED) is 0.111. The molecule has 1 amide bonds. The molecule has 268 valence electrons. The number of amides is 1. The van der Waals surface area contributed by atoms with Crippen LogP contribution in [-0.2, 0) is 0 Å². The van der Waals surface area contributed by atoms with Gasteiger partial charge in [0.1, 0.15) is 32.7 Å². The molecule has 0 bridgehead atoms. The Kier molecular flexibility index (Phi) is 11.4. The van der Waals surface area contributed by atoms with E-state index in [1.165, 1.54) is 48.4 Å². The van der Waals surface area contributed by atoms with Gasteiger partial charge < -0.3 is 26.1 Å². The molecule has 2 aliphatic heterocycles. The lowest BCUT2D eigenvalue weighted by Crippen LogP contribution is -2.42. The maximum Gasteiger partial charge on any atom is 0.352 e. The summed E-state index contributed by atoms with van der Waals surface area (Å²) in [6, 6.07) is 29.9. The standard InChI is InChI=1S/C19H23N3OSSi.C12H8N2O2S.C7H17NSi/c1-25(2)10-8-14(9-11-25)20-18(23)15-12-16-17(21-15)22-19(24-16)13-6-4-3-5-7-13;15-12(16)8-6-9-10(13-8)14-11(17-9)7-4-2-1-3-5-7;1-9(2)5-3-7(8)4-6-9/h3-7,12,14,21H,8-11H2,1-2H3,(H,20,23);1-6,13H,(H,15,16);7H,3-6,8H2,1-2H3. The van der Waals surface area contributed by atoms with Crippen LogP contribution >= 0.6 is 22.7 Å². The van der Waals surface area contributed by atoms with Crippen LogP contribution < -0.4 is 11.1 Å². The minimum atomic E-state index is -0.984. The first-order valence-corrected chi connectivity index (χ1v) is 26.2. The van der Waals surface area contributed by atoms with E-state index >= 15 is 0 Å². The highest BCUT2D eigenvalue weighted by atomic mass is 32.1. The van der Waals surface area contributed by atoms with Crippen LogP contribution in [0.1, 0.15) is 46.7 Å². The zero-order valence-corrected chi connectivity index (χ0v) is 33.4. The van der Waals surface area contributed by atoms with Crippen molar-refractivity contribution in [1.29, 1.82) is 0 Å². The van der Waals surface area contributed by atoms with Crippen LogP contribution in [0.2, 0.25) is 50.4 Å². The Hall–Kier alpha value is -3.89. The average molecular weight is 757 g/mol. The number of aromatic carboxylic acids is 1. The molecule has 2 saturated heterocycles. The van der Waals surface area contributed by atoms with Crippen molar-refractivity contribution in [2.75, 3.05) is 0 Å². The van der Waals surface area contributed by atoms with Gasteiger partial charge in [0.25, 0.3) is 5.91 Å². The molecule has 0 atom stereocenters. The van der Waals surface area contributed by atoms with Gasteiger partial charge in [0.15, 0.2) is 0 Å². The largest absolute Gasteiger partial charge is 0.477 e. The van der Waals surface area contributed by atoms with Gasteiger partial charge in [0, 0.05) is 39.4 Å². The van der Waals surface area contributed by atoms with Crippen LogP contribution in [0.5, 0.6) is 0 Å². The summed E-state index contributed by atoms with van der Waals surface area (Å²) in [6.07, 6.45) is 4.82. The Balaban J connectivity index is 0.000000148. The van der Waals surface area contributed by atoms with Crippen molar-refractivity contribution in [2.45, 2.75) is 88.1 Å². The topological polar surface area (TPSA) is 150 Å². The number of aromatic amines is 2. The third-order valence-corrected chi connectivity index (χ3v) is 18.6. The highest BCUT2D eigenvalue weighted by Crippen LogP contribution is 2.33. The number of carbonyl (C=O) groups is 2. The minimum absolute atomic E-state index is 0.00201. The first-order chi connectivity index (χ1) is 24.3. The number of nitrogens with two attached hydrogens (primary N) is 1. The SMILES string of the molecule is C[Si]1(C)CCC(N)CC1.C[Si]1(C)CCC(NC(=O)c2cc3sc(-c4ccccc4)nc3[nH]2)CC1.O=C(O)c1cc2sc(-c3ccccc3)nc2[nH]1. The van der Waals surface area contributed by atoms with Crippen molar-refractivity contribution in [1.82, 2.24) is 25.3 Å². The number of hydrogen-bond acceptors (Lipinski definition) is 7. The zero-order valence-electron chi connectivity index (χ0n) is 29.8. The minimum Gasteiger partial charge on any atom is -0.477 e. The lowest BCUT2D eigenvalue weighted by Gasteiger charge is -2.33. The summed E-state index contributed by atoms with van der Waals surface area (Å²) in [6.45, 7) is 9.83. The van der Waals surface area contributed by atoms with E-state index in [9.17, 15) is 9.59 Å². The summed E-state index contributed by atoms with van der Waals surface area (Å²) in [4.78, 5) is 38.3. The molecular formula is C38H48N6O3S2Si2. The molecule has 0 unspecified atom stereocenters. The van der Waals surface area contributed by atoms with E-state index in [1.54, 1.807) is 17.4 Å². The van der Waals surface area contributed by atoms with Crippen molar-refractivity contribution in [2.24, 2.45) is 5.73 Å². The van der Waals surface area contributed by atoms with Crippen molar-refractivity contribution >= 4 is 71.4 Å². The number of hydrogen-bond donors (Lipinski definition) is 5. The number of benzene rings is 2. The van der Waals surface area contributed by atoms with Crippen LogP contribution in [0.15, 0.2) is 72.8 Å². The van der Waals surface area contributed by atoms with E-state index in [1.807, 2.05) is 54.6 Å². The molecule has 13 heteroatoms. The lowest BCUT2D eigenvalue weighted by atomic mass is 10.1. The number of nitrogens with one attached hydrogen (secondary N) is 3. The third-order valence-electron chi connectivity index (χ3n) is 9.94. The second kappa shape index (κ2) is 15.8. The van der Waals surface area contributed by atoms with Crippen molar-refractivity contribution < 1.29 is 14.7 Å². The van der Waals surface area contributed by atoms with Crippen LogP contribution in [-0.4, -0.2) is 65.2 Å². The average Bonchev–Trinajstić information content (AvgIpc) is 3.89. The fourth-order valence-corrected chi connectivity index (χ4v) is 13.5. The van der Waals surface area contributed by atoms with Gasteiger partial charge in [0.05, 0.1) is 9.40 Å². The van der Waals surface area contributed by atoms with E-state index in [2.05, 4.69) is 63.6 Å². The third kappa shape index (κ3) is 9.71. The molecule has 2 aliphatic rings. The number of aromatic nitrogens is 4. The molecule has 0 spiro atoms. The molecule has 9 nitrogen and oxygen atoms in total. The highest BCUT2D eigenvalue weighted by Gasteiger charge is 2.30. The molecule has 2 aromatic carbocycles. The zero-order chi connectivity index (χ0) is 36.2. The number of carbonyl (C=O) groups excluding carboxylic acids is 1. The molecule has 0 saturated carbocycles. The molecule has 0 radical (unpaired) electrons. The maximum absolute atomic E-state index is 12.5. The number of thiazole rings is 2. The van der Waals surface area contributed by atoms with Gasteiger partial charge in [0.2, 0.25) is 0 Å². The monoisotopic (exact) mass is 756 g/mol. The molecule has 4 aromatic heterocycles. The number of carboxylic acid groups (broad SMARTS) is 1. The summed E-state index contributed by atoms with van der Waals surface area (Å²) in [5.41, 5.74) is 10.2. The second-order valence-electron chi connectivity index (χ2n) is 15.3. The van der Waals surface area contributed by atoms with Crippen LogP contribution in [0, 0.1) is 0 Å². The van der Waals surface area contributed by atoms with Crippen LogP contribution in [0.4, 0.5) is 0 Å². The first kappa shape index (κ1) is 36.9. The van der Waals surface area contributed by atoms with Gasteiger partial charge in [-0.1, -0.05) is 111 Å². The van der Waals surface area contributed by atoms with Gasteiger partial charge in [-0.25, -0.2) is 14.8 Å². The van der Waals surface area contributed by atoms with Crippen molar-refractivity contribution in [3.63, 3.8) is 0 Å². The normalized spacial score (nSPS) is 17.3. The molecule has 8 rings (SSSR count). The van der Waals surface area contributed by atoms with Crippen LogP contribution in [0.25, 0.3) is 41.8 Å². The molecule has 0 aliphatic carbocycles. The fourth-order valence-electron chi connectivity index (χ4n) is 6.50. The Morgan fingerprint density at radius 2 is 1.16 bits per heavy atom. The van der Waals surface area contributed by atoms with Gasteiger partial charge >= 0.3 is 5.97 Å². The van der Waals surface area contributed by atoms with Gasteiger partial charge in [-0.15, -0.1) is 22.7 Å². The Morgan fingerprint density at radius 3 is 1.59 bits per heavy atom. The Bertz CT molecular complexity index is 2000. The second-order valence-corrected chi connectivity index (χ2v) is 28.0. The molecular weight excluding hydrogens is 709 g/mol. The number of nitrogens with zero attached hydrogens (tertiary/aromatic N) is 2. The van der Waals surface area contributed by atoms with Crippen LogP contribution in [0.3, 0.4) is 0 Å². The van der Waals surface area contributed by atoms with E-state index < -0.39 is 22.1 Å². The first-order valence-electron chi connectivity index (χ1n) is 17.7. The van der Waals surface area contributed by atoms with Crippen molar-refractivity contribution in [3.05, 3.63) is 84.2 Å². The summed E-state index contributed by atoms with van der Waals surface area (Å²) >= 11 is 3.10. The number of rotatable bonds is 5. The summed E-state index contributed by atoms with van der Waals surface area (Å²) < 4.78 is 1.89. The predicted molar refractivity (Wildman–Crippen MR) is 218 cm³/mol. The van der Waals surface area contributed by atoms with Crippen molar-refractivity contribution in [3.8, 4) is 21.1 Å². The van der Waals surface area contributed by atoms with E-state index in [0.717, 1.165) is 49.0 Å². The molecule has 6 heterocycles. The maximum atomic E-state index is 12.5.